The van der Waals surface area contributed by atoms with E-state index in [9.17, 15) is 0 Å². The lowest BCUT2D eigenvalue weighted by Gasteiger charge is -1.94. The van der Waals surface area contributed by atoms with Crippen LogP contribution in [0.25, 0.3) is 21.5 Å². The Morgan fingerprint density at radius 1 is 1.12 bits per heavy atom. The summed E-state index contributed by atoms with van der Waals surface area (Å²) in [7, 11) is 0. The van der Waals surface area contributed by atoms with Crippen LogP contribution in [0.5, 0.6) is 0 Å². The highest BCUT2D eigenvalue weighted by Gasteiger charge is 2.08. The van der Waals surface area contributed by atoms with Gasteiger partial charge in [-0.15, -0.1) is 11.3 Å². The van der Waals surface area contributed by atoms with Crippen molar-refractivity contribution in [2.45, 2.75) is 6.92 Å². The normalized spacial score (nSPS) is 11.2. The third-order valence-corrected chi connectivity index (χ3v) is 4.22. The number of fused-ring (bicyclic) bond motifs is 1. The minimum Gasteiger partial charge on any atom is -0.354 e. The quantitative estimate of drug-likeness (QED) is 0.605. The molecule has 0 amide bonds. The van der Waals surface area contributed by atoms with Crippen LogP contribution in [0.1, 0.15) is 4.88 Å². The highest BCUT2D eigenvalue weighted by molar-refractivity contribution is 7.15. The first-order valence-electron chi connectivity index (χ1n) is 5.18. The Bertz CT molecular complexity index is 697. The molecule has 0 aliphatic carbocycles. The number of halogens is 2. The fourth-order valence-electron chi connectivity index (χ4n) is 1.87. The van der Waals surface area contributed by atoms with Gasteiger partial charge in [-0.2, -0.15) is 0 Å². The van der Waals surface area contributed by atoms with Crippen LogP contribution in [0.4, 0.5) is 0 Å². The molecule has 0 aliphatic rings. The van der Waals surface area contributed by atoms with Crippen LogP contribution < -0.4 is 0 Å². The lowest BCUT2D eigenvalue weighted by molar-refractivity contribution is 1.48. The molecule has 0 unspecified atom stereocenters. The zero-order chi connectivity index (χ0) is 12.0. The van der Waals surface area contributed by atoms with Crippen LogP contribution in [-0.4, -0.2) is 4.98 Å². The fourth-order valence-corrected chi connectivity index (χ4v) is 3.26. The van der Waals surface area contributed by atoms with Crippen LogP contribution in [0.2, 0.25) is 10.0 Å². The van der Waals surface area contributed by atoms with Crippen LogP contribution in [0.3, 0.4) is 0 Å². The monoisotopic (exact) mass is 281 g/mol. The van der Waals surface area contributed by atoms with Crippen molar-refractivity contribution in [3.05, 3.63) is 45.3 Å². The minimum atomic E-state index is 0.651. The van der Waals surface area contributed by atoms with Crippen molar-refractivity contribution in [3.63, 3.8) is 0 Å². The molecule has 17 heavy (non-hydrogen) atoms. The van der Waals surface area contributed by atoms with Crippen molar-refractivity contribution in [2.75, 3.05) is 0 Å². The first-order valence-corrected chi connectivity index (χ1v) is 6.75. The summed E-state index contributed by atoms with van der Waals surface area (Å²) >= 11 is 13.9. The molecule has 0 bridgehead atoms. The average Bonchev–Trinajstić information content (AvgIpc) is 2.83. The van der Waals surface area contributed by atoms with E-state index in [0.29, 0.717) is 10.0 Å². The van der Waals surface area contributed by atoms with E-state index >= 15 is 0 Å². The molecular formula is C13H9Cl2NS. The van der Waals surface area contributed by atoms with Crippen molar-refractivity contribution in [3.8, 4) is 10.6 Å². The third-order valence-electron chi connectivity index (χ3n) is 2.66. The maximum absolute atomic E-state index is 6.17. The van der Waals surface area contributed by atoms with Gasteiger partial charge in [-0.1, -0.05) is 23.2 Å². The lowest BCUT2D eigenvalue weighted by atomic mass is 10.2. The molecule has 4 heteroatoms. The van der Waals surface area contributed by atoms with Crippen LogP contribution >= 0.6 is 34.5 Å². The zero-order valence-electron chi connectivity index (χ0n) is 9.05. The fraction of sp³-hybridized carbons (Fsp3) is 0.0769. The highest BCUT2D eigenvalue weighted by Crippen LogP contribution is 2.34. The average molecular weight is 282 g/mol. The van der Waals surface area contributed by atoms with E-state index in [1.54, 1.807) is 17.4 Å². The molecule has 1 N–H and O–H groups in total. The number of thiophene rings is 1. The number of nitrogens with one attached hydrogen (secondary N) is 1. The Morgan fingerprint density at radius 2 is 1.94 bits per heavy atom. The van der Waals surface area contributed by atoms with Crippen molar-refractivity contribution in [1.82, 2.24) is 4.98 Å². The molecular weight excluding hydrogens is 273 g/mol. The Balaban J connectivity index is 2.23. The summed E-state index contributed by atoms with van der Waals surface area (Å²) in [5, 5.41) is 2.35. The number of hydrogen-bond acceptors (Lipinski definition) is 1. The maximum atomic E-state index is 6.17. The van der Waals surface area contributed by atoms with Gasteiger partial charge in [0.1, 0.15) is 0 Å². The van der Waals surface area contributed by atoms with Gasteiger partial charge in [0.2, 0.25) is 0 Å². The van der Waals surface area contributed by atoms with E-state index in [1.807, 2.05) is 6.07 Å². The molecule has 3 rings (SSSR count). The second-order valence-electron chi connectivity index (χ2n) is 3.94. The number of hydrogen-bond donors (Lipinski definition) is 1. The van der Waals surface area contributed by atoms with Crippen molar-refractivity contribution in [2.24, 2.45) is 0 Å². The summed E-state index contributed by atoms with van der Waals surface area (Å²) in [6.07, 6.45) is 0. The van der Waals surface area contributed by atoms with Gasteiger partial charge in [0, 0.05) is 20.8 Å². The Kier molecular flexibility index (Phi) is 2.66. The van der Waals surface area contributed by atoms with E-state index in [1.165, 1.54) is 9.75 Å². The largest absolute Gasteiger partial charge is 0.354 e. The number of aromatic nitrogens is 1. The Morgan fingerprint density at radius 3 is 2.65 bits per heavy atom. The second kappa shape index (κ2) is 4.05. The van der Waals surface area contributed by atoms with Gasteiger partial charge in [-0.3, -0.25) is 0 Å². The van der Waals surface area contributed by atoms with Crippen LogP contribution in [0.15, 0.2) is 30.3 Å². The second-order valence-corrected chi connectivity index (χ2v) is 6.07. The summed E-state index contributed by atoms with van der Waals surface area (Å²) in [5.41, 5.74) is 2.06. The van der Waals surface area contributed by atoms with Gasteiger partial charge in [0.15, 0.2) is 0 Å². The minimum absolute atomic E-state index is 0.651. The van der Waals surface area contributed by atoms with Gasteiger partial charge < -0.3 is 4.98 Å². The number of benzene rings is 1. The molecule has 0 saturated heterocycles. The molecule has 3 aromatic rings. The van der Waals surface area contributed by atoms with Gasteiger partial charge in [0.25, 0.3) is 0 Å². The molecule has 0 spiro atoms. The number of H-pyrrole nitrogens is 1. The molecule has 0 fully saturated rings. The van der Waals surface area contributed by atoms with E-state index in [4.69, 9.17) is 23.2 Å². The number of aryl methyl sites for hydroxylation is 1. The summed E-state index contributed by atoms with van der Waals surface area (Å²) < 4.78 is 0. The molecule has 1 aromatic carbocycles. The Hall–Kier alpha value is -0.960. The van der Waals surface area contributed by atoms with Crippen molar-refractivity contribution >= 4 is 45.4 Å². The Labute approximate surface area is 113 Å². The zero-order valence-corrected chi connectivity index (χ0v) is 11.4. The summed E-state index contributed by atoms with van der Waals surface area (Å²) in [5.74, 6) is 0. The first kappa shape index (κ1) is 11.1. The van der Waals surface area contributed by atoms with E-state index in [2.05, 4.69) is 30.1 Å². The van der Waals surface area contributed by atoms with E-state index in [0.717, 1.165) is 16.6 Å². The molecule has 0 radical (unpaired) electrons. The molecule has 86 valence electrons. The van der Waals surface area contributed by atoms with Crippen LogP contribution in [-0.2, 0) is 0 Å². The molecule has 1 nitrogen and oxygen atoms in total. The van der Waals surface area contributed by atoms with Gasteiger partial charge >= 0.3 is 0 Å². The number of rotatable bonds is 1. The lowest BCUT2D eigenvalue weighted by Crippen LogP contribution is -1.71. The predicted molar refractivity (Wildman–Crippen MR) is 76.4 cm³/mol. The molecule has 0 saturated carbocycles. The predicted octanol–water partition coefficient (Wildman–Crippen LogP) is 5.51. The molecule has 0 aliphatic heterocycles. The van der Waals surface area contributed by atoms with Crippen molar-refractivity contribution in [1.29, 1.82) is 0 Å². The van der Waals surface area contributed by atoms with Gasteiger partial charge in [0.05, 0.1) is 15.6 Å². The molecule has 2 heterocycles. The molecule has 2 aromatic heterocycles. The summed E-state index contributed by atoms with van der Waals surface area (Å²) in [6.45, 7) is 2.10. The number of aromatic amines is 1. The van der Waals surface area contributed by atoms with Gasteiger partial charge in [-0.05, 0) is 37.3 Å². The van der Waals surface area contributed by atoms with Crippen LogP contribution in [0, 0.1) is 6.92 Å². The smallest absolute Gasteiger partial charge is 0.0566 e. The van der Waals surface area contributed by atoms with E-state index in [-0.39, 0.29) is 0 Å². The summed E-state index contributed by atoms with van der Waals surface area (Å²) in [6, 6.07) is 9.95. The standard InChI is InChI=1S/C13H9Cl2NS/c1-7-2-3-13(17-7)12-6-9-10(15)4-8(14)5-11(9)16-12/h2-6,16H,1H3. The maximum Gasteiger partial charge on any atom is 0.0566 e. The van der Waals surface area contributed by atoms with Gasteiger partial charge in [-0.25, -0.2) is 0 Å². The summed E-state index contributed by atoms with van der Waals surface area (Å²) in [4.78, 5) is 5.86. The SMILES string of the molecule is Cc1ccc(-c2cc3c(Cl)cc(Cl)cc3[nH]2)s1. The third kappa shape index (κ3) is 1.97. The first-order chi connectivity index (χ1) is 8.13. The molecule has 0 atom stereocenters. The topological polar surface area (TPSA) is 15.8 Å². The highest BCUT2D eigenvalue weighted by atomic mass is 35.5. The van der Waals surface area contributed by atoms with E-state index < -0.39 is 0 Å². The van der Waals surface area contributed by atoms with Crippen molar-refractivity contribution < 1.29 is 0 Å².